The first-order chi connectivity index (χ1) is 16.4. The number of thiazole rings is 1. The summed E-state index contributed by atoms with van der Waals surface area (Å²) in [5.41, 5.74) is 1.71. The number of amides is 1. The molecule has 0 aliphatic rings. The standard InChI is InChI=1S/C24H16ClF2N5OS/c1-13-20(21(22(26)27)32(31-13)19-9-5-3-7-15(19)25)23(33)30-24-29-18(12-34-24)17-11-10-14-6-2-4-8-16(14)28-17/h2-12,22H,1H3,(H,29,30,33). The van der Waals surface area contributed by atoms with Crippen LogP contribution in [0.25, 0.3) is 28.0 Å². The van der Waals surface area contributed by atoms with Crippen molar-refractivity contribution >= 4 is 44.9 Å². The lowest BCUT2D eigenvalue weighted by Crippen LogP contribution is -2.15. The van der Waals surface area contributed by atoms with Crippen molar-refractivity contribution in [2.24, 2.45) is 0 Å². The maximum atomic E-state index is 14.1. The van der Waals surface area contributed by atoms with Gasteiger partial charge >= 0.3 is 0 Å². The number of rotatable bonds is 5. The number of nitrogens with one attached hydrogen (secondary N) is 1. The molecule has 0 aliphatic carbocycles. The van der Waals surface area contributed by atoms with E-state index in [9.17, 15) is 13.6 Å². The summed E-state index contributed by atoms with van der Waals surface area (Å²) in [5.74, 6) is -0.724. The molecule has 5 rings (SSSR count). The van der Waals surface area contributed by atoms with Crippen LogP contribution in [0, 0.1) is 6.92 Å². The molecule has 0 fully saturated rings. The number of carbonyl (C=O) groups excluding carboxylic acids is 1. The second-order valence-electron chi connectivity index (χ2n) is 7.39. The third-order valence-corrected chi connectivity index (χ3v) is 6.27. The van der Waals surface area contributed by atoms with Gasteiger partial charge in [-0.25, -0.2) is 23.4 Å². The summed E-state index contributed by atoms with van der Waals surface area (Å²) in [6, 6.07) is 18.0. The summed E-state index contributed by atoms with van der Waals surface area (Å²) in [6.07, 6.45) is -2.95. The highest BCUT2D eigenvalue weighted by atomic mass is 35.5. The minimum absolute atomic E-state index is 0.153. The van der Waals surface area contributed by atoms with E-state index in [1.807, 2.05) is 36.4 Å². The lowest BCUT2D eigenvalue weighted by atomic mass is 10.1. The number of pyridine rings is 1. The first-order valence-electron chi connectivity index (χ1n) is 10.2. The number of aryl methyl sites for hydroxylation is 1. The summed E-state index contributed by atoms with van der Waals surface area (Å²) < 4.78 is 29.1. The molecule has 0 bridgehead atoms. The fraction of sp³-hybridized carbons (Fsp3) is 0.0833. The average Bonchev–Trinajstić information content (AvgIpc) is 3.43. The summed E-state index contributed by atoms with van der Waals surface area (Å²) in [4.78, 5) is 22.1. The molecular formula is C24H16ClF2N5OS. The van der Waals surface area contributed by atoms with Crippen LogP contribution >= 0.6 is 22.9 Å². The van der Waals surface area contributed by atoms with Gasteiger partial charge < -0.3 is 0 Å². The Bertz CT molecular complexity index is 1530. The van der Waals surface area contributed by atoms with Crippen LogP contribution in [0.5, 0.6) is 0 Å². The third kappa shape index (κ3) is 4.04. The van der Waals surface area contributed by atoms with E-state index in [1.165, 1.54) is 18.3 Å². The van der Waals surface area contributed by atoms with E-state index in [2.05, 4.69) is 20.4 Å². The lowest BCUT2D eigenvalue weighted by molar-refractivity contribution is 0.100. The van der Waals surface area contributed by atoms with Gasteiger partial charge in [0.25, 0.3) is 12.3 Å². The highest BCUT2D eigenvalue weighted by molar-refractivity contribution is 7.14. The lowest BCUT2D eigenvalue weighted by Gasteiger charge is -2.10. The number of fused-ring (bicyclic) bond motifs is 1. The van der Waals surface area contributed by atoms with Crippen molar-refractivity contribution in [3.63, 3.8) is 0 Å². The van der Waals surface area contributed by atoms with Gasteiger partial charge in [-0.15, -0.1) is 11.3 Å². The predicted octanol–water partition coefficient (Wildman–Crippen LogP) is 6.70. The van der Waals surface area contributed by atoms with Crippen LogP contribution in [0.3, 0.4) is 0 Å². The van der Waals surface area contributed by atoms with E-state index < -0.39 is 18.0 Å². The second kappa shape index (κ2) is 8.92. The molecule has 3 aromatic heterocycles. The molecule has 2 aromatic carbocycles. The molecule has 34 heavy (non-hydrogen) atoms. The molecule has 0 radical (unpaired) electrons. The molecule has 1 amide bonds. The molecule has 0 aliphatic heterocycles. The van der Waals surface area contributed by atoms with Gasteiger partial charge in [-0.3, -0.25) is 10.1 Å². The molecule has 170 valence electrons. The highest BCUT2D eigenvalue weighted by Gasteiger charge is 2.29. The van der Waals surface area contributed by atoms with Gasteiger partial charge in [0.15, 0.2) is 5.13 Å². The van der Waals surface area contributed by atoms with Gasteiger partial charge in [-0.2, -0.15) is 5.10 Å². The first kappa shape index (κ1) is 22.1. The Labute approximate surface area is 201 Å². The van der Waals surface area contributed by atoms with E-state index in [-0.39, 0.29) is 27.1 Å². The molecule has 5 aromatic rings. The molecule has 0 spiro atoms. The van der Waals surface area contributed by atoms with Gasteiger partial charge in [0.1, 0.15) is 11.4 Å². The number of hydrogen-bond donors (Lipinski definition) is 1. The highest BCUT2D eigenvalue weighted by Crippen LogP contribution is 2.32. The van der Waals surface area contributed by atoms with Crippen LogP contribution in [0.2, 0.25) is 5.02 Å². The monoisotopic (exact) mass is 495 g/mol. The van der Waals surface area contributed by atoms with Crippen LogP contribution in [-0.2, 0) is 0 Å². The predicted molar refractivity (Wildman–Crippen MR) is 129 cm³/mol. The van der Waals surface area contributed by atoms with Gasteiger partial charge in [0, 0.05) is 10.8 Å². The molecule has 0 saturated heterocycles. The van der Waals surface area contributed by atoms with E-state index in [0.717, 1.165) is 15.6 Å². The van der Waals surface area contributed by atoms with Gasteiger partial charge in [-0.05, 0) is 31.2 Å². The third-order valence-electron chi connectivity index (χ3n) is 5.20. The first-order valence-corrected chi connectivity index (χ1v) is 11.4. The number of aromatic nitrogens is 4. The Morgan fingerprint density at radius 2 is 1.79 bits per heavy atom. The maximum Gasteiger partial charge on any atom is 0.281 e. The number of halogens is 3. The quantitative estimate of drug-likeness (QED) is 0.294. The van der Waals surface area contributed by atoms with E-state index in [4.69, 9.17) is 11.6 Å². The van der Waals surface area contributed by atoms with Crippen molar-refractivity contribution in [3.05, 3.63) is 88.0 Å². The van der Waals surface area contributed by atoms with Gasteiger partial charge in [0.2, 0.25) is 0 Å². The zero-order valence-electron chi connectivity index (χ0n) is 17.7. The van der Waals surface area contributed by atoms with Gasteiger partial charge in [-0.1, -0.05) is 48.0 Å². The van der Waals surface area contributed by atoms with E-state index in [0.29, 0.717) is 11.4 Å². The van der Waals surface area contributed by atoms with Crippen molar-refractivity contribution in [1.82, 2.24) is 19.7 Å². The van der Waals surface area contributed by atoms with Crippen LogP contribution in [0.1, 0.15) is 28.2 Å². The van der Waals surface area contributed by atoms with Crippen molar-refractivity contribution in [1.29, 1.82) is 0 Å². The molecule has 1 N–H and O–H groups in total. The second-order valence-corrected chi connectivity index (χ2v) is 8.66. The maximum absolute atomic E-state index is 14.1. The molecule has 0 saturated carbocycles. The van der Waals surface area contributed by atoms with Crippen LogP contribution < -0.4 is 5.32 Å². The number of hydrogen-bond acceptors (Lipinski definition) is 5. The SMILES string of the molecule is Cc1nn(-c2ccccc2Cl)c(C(F)F)c1C(=O)Nc1nc(-c2ccc3ccccc3n2)cs1. The van der Waals surface area contributed by atoms with Crippen molar-refractivity contribution < 1.29 is 13.6 Å². The molecule has 10 heteroatoms. The molecule has 0 atom stereocenters. The average molecular weight is 496 g/mol. The molecule has 0 unspecified atom stereocenters. The fourth-order valence-corrected chi connectivity index (χ4v) is 4.57. The van der Waals surface area contributed by atoms with Gasteiger partial charge in [0.05, 0.1) is 33.2 Å². The Balaban J connectivity index is 1.46. The smallest absolute Gasteiger partial charge is 0.281 e. The Morgan fingerprint density at radius 3 is 2.59 bits per heavy atom. The Hall–Kier alpha value is -3.69. The number of anilines is 1. The summed E-state index contributed by atoms with van der Waals surface area (Å²) >= 11 is 7.36. The zero-order valence-corrected chi connectivity index (χ0v) is 19.2. The Kier molecular flexibility index (Phi) is 5.80. The van der Waals surface area contributed by atoms with Crippen LogP contribution in [0.15, 0.2) is 66.0 Å². The number of nitrogens with zero attached hydrogens (tertiary/aromatic N) is 4. The normalized spacial score (nSPS) is 11.3. The van der Waals surface area contributed by atoms with Crippen molar-refractivity contribution in [3.8, 4) is 17.1 Å². The molecule has 3 heterocycles. The largest absolute Gasteiger partial charge is 0.298 e. The fourth-order valence-electron chi connectivity index (χ4n) is 3.65. The van der Waals surface area contributed by atoms with Crippen LogP contribution in [-0.4, -0.2) is 25.7 Å². The van der Waals surface area contributed by atoms with E-state index in [1.54, 1.807) is 29.6 Å². The van der Waals surface area contributed by atoms with Crippen molar-refractivity contribution in [2.45, 2.75) is 13.3 Å². The van der Waals surface area contributed by atoms with Crippen LogP contribution in [0.4, 0.5) is 13.9 Å². The van der Waals surface area contributed by atoms with Crippen molar-refractivity contribution in [2.75, 3.05) is 5.32 Å². The Morgan fingerprint density at radius 1 is 1.03 bits per heavy atom. The van der Waals surface area contributed by atoms with E-state index >= 15 is 0 Å². The summed E-state index contributed by atoms with van der Waals surface area (Å²) in [6.45, 7) is 1.50. The number of alkyl halides is 2. The minimum Gasteiger partial charge on any atom is -0.298 e. The number of para-hydroxylation sites is 2. The zero-order chi connectivity index (χ0) is 23.8. The summed E-state index contributed by atoms with van der Waals surface area (Å²) in [7, 11) is 0. The number of carbonyl (C=O) groups is 1. The summed E-state index contributed by atoms with van der Waals surface area (Å²) in [5, 5.41) is 10.1. The number of benzene rings is 2. The topological polar surface area (TPSA) is 72.7 Å². The molecular weight excluding hydrogens is 480 g/mol. The minimum atomic E-state index is -2.95. The molecule has 6 nitrogen and oxygen atoms in total.